The van der Waals surface area contributed by atoms with Gasteiger partial charge in [0, 0.05) is 20.1 Å². The fourth-order valence-electron chi connectivity index (χ4n) is 4.67. The normalized spacial score (nSPS) is 22.9. The summed E-state index contributed by atoms with van der Waals surface area (Å²) in [5, 5.41) is 16.8. The lowest BCUT2D eigenvalue weighted by molar-refractivity contribution is -0.179. The molecule has 2 aliphatic heterocycles. The summed E-state index contributed by atoms with van der Waals surface area (Å²) in [4.78, 5) is 55.6. The van der Waals surface area contributed by atoms with Crippen molar-refractivity contribution < 1.29 is 57.4 Å². The molecular weight excluding hydrogens is 620 g/mol. The molecule has 16 nitrogen and oxygen atoms in total. The number of unbranched alkanes of at least 4 members (excludes halogenated alkanes) is 2. The minimum atomic E-state index is -1.15. The van der Waals surface area contributed by atoms with Crippen LogP contribution in [0.25, 0.3) is 0 Å². The van der Waals surface area contributed by atoms with E-state index in [0.717, 1.165) is 0 Å². The van der Waals surface area contributed by atoms with Crippen LogP contribution in [0.5, 0.6) is 0 Å². The molecule has 5 atom stereocenters. The predicted octanol–water partition coefficient (Wildman–Crippen LogP) is 2.42. The van der Waals surface area contributed by atoms with Crippen LogP contribution < -0.4 is 16.0 Å². The second-order valence-corrected chi connectivity index (χ2v) is 13.5. The van der Waals surface area contributed by atoms with E-state index in [0.29, 0.717) is 19.3 Å². The van der Waals surface area contributed by atoms with E-state index in [9.17, 15) is 24.3 Å². The van der Waals surface area contributed by atoms with Crippen LogP contribution in [0.3, 0.4) is 0 Å². The molecule has 0 saturated carbocycles. The van der Waals surface area contributed by atoms with Gasteiger partial charge in [-0.2, -0.15) is 0 Å². The standard InChI is InChI=1S/C31H52N4O12/c1-18(37)32-22-19(33-26(34-27(39)46-29(2,3)4)35-28(40)47-30(5,6)7)16-20(25(38)41-10)44-24(22)23(42-15-13-11-12-14-36)21-17-43-31(8,9)45-21/h16,19,21-24,36H,11-15,17H2,1-10H3,(H,32,37)(H2,33,34,35,39,40)/t19-,21+,22+,23+,24+/m0/s1. The first-order valence-electron chi connectivity index (χ1n) is 15.6. The average Bonchev–Trinajstić information content (AvgIpc) is 3.27. The summed E-state index contributed by atoms with van der Waals surface area (Å²) in [7, 11) is 1.17. The molecule has 0 aliphatic carbocycles. The molecule has 3 amide bonds. The van der Waals surface area contributed by atoms with Crippen LogP contribution in [0.1, 0.15) is 81.6 Å². The van der Waals surface area contributed by atoms with Crippen molar-refractivity contribution in [2.75, 3.05) is 26.9 Å². The van der Waals surface area contributed by atoms with Crippen molar-refractivity contribution in [3.8, 4) is 0 Å². The Hall–Kier alpha value is -3.47. The van der Waals surface area contributed by atoms with Crippen LogP contribution in [0, 0.1) is 0 Å². The molecule has 2 heterocycles. The van der Waals surface area contributed by atoms with Gasteiger partial charge in [0.2, 0.25) is 17.6 Å². The zero-order valence-electron chi connectivity index (χ0n) is 29.1. The van der Waals surface area contributed by atoms with Gasteiger partial charge in [-0.05, 0) is 80.7 Å². The van der Waals surface area contributed by atoms with E-state index in [-0.39, 0.29) is 25.6 Å². The number of aliphatic hydroxyl groups is 1. The number of amides is 3. The van der Waals surface area contributed by atoms with Crippen LogP contribution in [0.2, 0.25) is 0 Å². The van der Waals surface area contributed by atoms with Gasteiger partial charge in [0.15, 0.2) is 11.9 Å². The molecule has 0 aromatic carbocycles. The molecule has 268 valence electrons. The first-order valence-corrected chi connectivity index (χ1v) is 15.6. The summed E-state index contributed by atoms with van der Waals surface area (Å²) >= 11 is 0. The third-order valence-electron chi connectivity index (χ3n) is 6.41. The van der Waals surface area contributed by atoms with Crippen molar-refractivity contribution in [2.45, 2.75) is 129 Å². The van der Waals surface area contributed by atoms with Gasteiger partial charge in [-0.3, -0.25) is 15.4 Å². The Morgan fingerprint density at radius 2 is 1.62 bits per heavy atom. The number of nitrogens with zero attached hydrogens (tertiary/aromatic N) is 1. The predicted molar refractivity (Wildman–Crippen MR) is 168 cm³/mol. The molecular formula is C31H52N4O12. The maximum absolute atomic E-state index is 12.9. The summed E-state index contributed by atoms with van der Waals surface area (Å²) in [6.45, 7) is 15.1. The molecule has 0 aromatic heterocycles. The number of ether oxygens (including phenoxy) is 7. The number of carbonyl (C=O) groups excluding carboxylic acids is 4. The van der Waals surface area contributed by atoms with E-state index in [4.69, 9.17) is 33.2 Å². The lowest BCUT2D eigenvalue weighted by atomic mass is 9.92. The molecule has 47 heavy (non-hydrogen) atoms. The van der Waals surface area contributed by atoms with Crippen LogP contribution in [-0.2, 0) is 42.7 Å². The Bertz CT molecular complexity index is 1130. The van der Waals surface area contributed by atoms with Gasteiger partial charge in [0.1, 0.15) is 23.4 Å². The zero-order valence-corrected chi connectivity index (χ0v) is 29.1. The van der Waals surface area contributed by atoms with Gasteiger partial charge in [0.05, 0.1) is 25.8 Å². The Morgan fingerprint density at radius 3 is 2.09 bits per heavy atom. The van der Waals surface area contributed by atoms with Gasteiger partial charge >= 0.3 is 18.2 Å². The van der Waals surface area contributed by atoms with Gasteiger partial charge in [-0.15, -0.1) is 0 Å². The number of nitrogens with one attached hydrogen (secondary N) is 3. The Kier molecular flexibility index (Phi) is 14.4. The van der Waals surface area contributed by atoms with E-state index < -0.39 is 77.4 Å². The summed E-state index contributed by atoms with van der Waals surface area (Å²) in [6.07, 6.45) is -1.45. The lowest BCUT2D eigenvalue weighted by Gasteiger charge is -2.41. The van der Waals surface area contributed by atoms with E-state index in [2.05, 4.69) is 20.9 Å². The second kappa shape index (κ2) is 17.1. The van der Waals surface area contributed by atoms with E-state index >= 15 is 0 Å². The zero-order chi connectivity index (χ0) is 35.6. The van der Waals surface area contributed by atoms with E-state index in [1.165, 1.54) is 20.1 Å². The minimum absolute atomic E-state index is 0.0392. The molecule has 1 fully saturated rings. The van der Waals surface area contributed by atoms with Gasteiger partial charge in [-0.1, -0.05) is 0 Å². The highest BCUT2D eigenvalue weighted by molar-refractivity contribution is 6.01. The van der Waals surface area contributed by atoms with E-state index in [1.54, 1.807) is 55.4 Å². The fourth-order valence-corrected chi connectivity index (χ4v) is 4.67. The first kappa shape index (κ1) is 39.7. The number of hydrogen-bond donors (Lipinski definition) is 4. The fraction of sp³-hybridized carbons (Fsp3) is 0.774. The lowest BCUT2D eigenvalue weighted by Crippen LogP contribution is -2.61. The van der Waals surface area contributed by atoms with Crippen LogP contribution in [-0.4, -0.2) is 109 Å². The van der Waals surface area contributed by atoms with E-state index in [1.807, 2.05) is 0 Å². The minimum Gasteiger partial charge on any atom is -0.478 e. The smallest absolute Gasteiger partial charge is 0.414 e. The SMILES string of the molecule is COC(=O)C1=C[C@H](N=C(NC(=O)OC(C)(C)C)NC(=O)OC(C)(C)C)[C@@H](NC(C)=O)[C@H]([C@H](OCCCCCO)[C@H]2COC(C)(C)O2)O1. The highest BCUT2D eigenvalue weighted by Gasteiger charge is 2.49. The summed E-state index contributed by atoms with van der Waals surface area (Å²) < 4.78 is 40.0. The molecule has 16 heteroatoms. The van der Waals surface area contributed by atoms with Crippen LogP contribution in [0.15, 0.2) is 16.8 Å². The van der Waals surface area contributed by atoms with Crippen molar-refractivity contribution in [3.05, 3.63) is 11.8 Å². The highest BCUT2D eigenvalue weighted by atomic mass is 16.8. The molecule has 1 saturated heterocycles. The van der Waals surface area contributed by atoms with Crippen LogP contribution >= 0.6 is 0 Å². The third-order valence-corrected chi connectivity index (χ3v) is 6.41. The van der Waals surface area contributed by atoms with Crippen molar-refractivity contribution in [1.29, 1.82) is 0 Å². The molecule has 2 rings (SSSR count). The number of carbonyl (C=O) groups is 4. The van der Waals surface area contributed by atoms with Crippen molar-refractivity contribution in [1.82, 2.24) is 16.0 Å². The monoisotopic (exact) mass is 672 g/mol. The summed E-state index contributed by atoms with van der Waals surface area (Å²) in [5.74, 6) is -2.91. The molecule has 4 N–H and O–H groups in total. The largest absolute Gasteiger partial charge is 0.478 e. The third kappa shape index (κ3) is 14.0. The topological polar surface area (TPSA) is 202 Å². The molecule has 0 radical (unpaired) electrons. The number of aliphatic imine (C=N–C) groups is 1. The Balaban J connectivity index is 2.64. The number of esters is 1. The number of aliphatic hydroxyl groups excluding tert-OH is 1. The maximum atomic E-state index is 12.9. The maximum Gasteiger partial charge on any atom is 0.414 e. The number of rotatable bonds is 11. The Morgan fingerprint density at radius 1 is 1.02 bits per heavy atom. The number of guanidine groups is 1. The molecule has 0 unspecified atom stereocenters. The number of hydrogen-bond acceptors (Lipinski definition) is 13. The molecule has 0 spiro atoms. The molecule has 0 bridgehead atoms. The summed E-state index contributed by atoms with van der Waals surface area (Å²) in [5.41, 5.74) is -1.78. The quantitative estimate of drug-likeness (QED) is 0.0822. The average molecular weight is 673 g/mol. The Labute approximate surface area is 276 Å². The number of methoxy groups -OCH3 is 1. The number of alkyl carbamates (subject to hydrolysis) is 2. The molecule has 2 aliphatic rings. The summed E-state index contributed by atoms with van der Waals surface area (Å²) in [6, 6.07) is -2.19. The van der Waals surface area contributed by atoms with Gasteiger partial charge in [0.25, 0.3) is 0 Å². The van der Waals surface area contributed by atoms with Crippen molar-refractivity contribution in [2.24, 2.45) is 4.99 Å². The first-order chi connectivity index (χ1) is 21.7. The van der Waals surface area contributed by atoms with Crippen molar-refractivity contribution >= 4 is 30.0 Å². The van der Waals surface area contributed by atoms with Gasteiger partial charge < -0.3 is 43.6 Å². The van der Waals surface area contributed by atoms with Crippen LogP contribution in [0.4, 0.5) is 9.59 Å². The second-order valence-electron chi connectivity index (χ2n) is 13.5. The van der Waals surface area contributed by atoms with Crippen molar-refractivity contribution in [3.63, 3.8) is 0 Å². The molecule has 0 aromatic rings. The van der Waals surface area contributed by atoms with Gasteiger partial charge in [-0.25, -0.2) is 19.4 Å². The highest BCUT2D eigenvalue weighted by Crippen LogP contribution is 2.32.